The summed E-state index contributed by atoms with van der Waals surface area (Å²) in [5, 5.41) is 11.7. The molecule has 0 bridgehead atoms. The Morgan fingerprint density at radius 3 is 1.00 bits per heavy atom. The molecule has 3 aromatic rings. The smallest absolute Gasteiger partial charge is 0.317 e. The first kappa shape index (κ1) is 37.2. The maximum Gasteiger partial charge on any atom is 0.317 e. The molecule has 3 aromatic carbocycles. The predicted molar refractivity (Wildman–Crippen MR) is 188 cm³/mol. The summed E-state index contributed by atoms with van der Waals surface area (Å²) in [6, 6.07) is 26.4. The fraction of sp³-hybridized carbons (Fsp3) is 0.389. The van der Waals surface area contributed by atoms with Gasteiger partial charge in [-0.05, 0) is 35.1 Å². The van der Waals surface area contributed by atoms with Gasteiger partial charge in [0.2, 0.25) is 0 Å². The summed E-state index contributed by atoms with van der Waals surface area (Å²) >= 11 is 0. The fourth-order valence-corrected chi connectivity index (χ4v) is 4.79. The molecule has 8 amide bonds. The number of nitrogens with zero attached hydrogens (tertiary/aromatic N) is 4. The van der Waals surface area contributed by atoms with Crippen molar-refractivity contribution in [2.75, 3.05) is 54.4 Å². The molecule has 12 heteroatoms. The third kappa shape index (κ3) is 13.6. The number of carbonyl (C=O) groups excluding carboxylic acids is 4. The number of benzene rings is 3. The van der Waals surface area contributed by atoms with Gasteiger partial charge in [-0.3, -0.25) is 0 Å². The lowest BCUT2D eigenvalue weighted by Crippen LogP contribution is -2.40. The summed E-state index contributed by atoms with van der Waals surface area (Å²) < 4.78 is 0. The maximum absolute atomic E-state index is 12.7. The first-order valence-electron chi connectivity index (χ1n) is 16.2. The van der Waals surface area contributed by atoms with E-state index in [1.54, 1.807) is 47.8 Å². The Labute approximate surface area is 284 Å². The van der Waals surface area contributed by atoms with Crippen LogP contribution in [0.1, 0.15) is 35.1 Å². The average Bonchev–Trinajstić information content (AvgIpc) is 3.11. The highest BCUT2D eigenvalue weighted by Gasteiger charge is 2.13. The number of hydrogen-bond acceptors (Lipinski definition) is 4. The van der Waals surface area contributed by atoms with E-state index in [0.717, 1.165) is 22.3 Å². The van der Waals surface area contributed by atoms with Crippen LogP contribution in [0.25, 0.3) is 0 Å². The van der Waals surface area contributed by atoms with Crippen LogP contribution in [0.2, 0.25) is 0 Å². The van der Waals surface area contributed by atoms with Crippen molar-refractivity contribution in [1.29, 1.82) is 0 Å². The SMILES string of the molecule is CN(CCCN(C)C(=O)NCc1cccc(CNC(=O)N(C)CCCN(C)C(=O)NCc2ccccc2)c1)C(=O)NCc1ccccc1. The minimum Gasteiger partial charge on any atom is -0.334 e. The molecular weight excluding hydrogens is 608 g/mol. The second-order valence-corrected chi connectivity index (χ2v) is 11.8. The molecule has 12 nitrogen and oxygen atoms in total. The van der Waals surface area contributed by atoms with Crippen LogP contribution in [0.5, 0.6) is 0 Å². The molecule has 0 aliphatic heterocycles. The minimum atomic E-state index is -0.203. The zero-order valence-corrected chi connectivity index (χ0v) is 28.6. The zero-order chi connectivity index (χ0) is 34.7. The zero-order valence-electron chi connectivity index (χ0n) is 28.6. The van der Waals surface area contributed by atoms with Gasteiger partial charge in [0, 0.05) is 80.5 Å². The lowest BCUT2D eigenvalue weighted by molar-refractivity contribution is 0.197. The lowest BCUT2D eigenvalue weighted by atomic mass is 10.1. The molecule has 0 aromatic heterocycles. The molecular formula is C36H50N8O4. The van der Waals surface area contributed by atoms with Gasteiger partial charge < -0.3 is 40.9 Å². The number of carbonyl (C=O) groups is 4. The van der Waals surface area contributed by atoms with E-state index in [9.17, 15) is 19.2 Å². The number of nitrogens with one attached hydrogen (secondary N) is 4. The van der Waals surface area contributed by atoms with Crippen LogP contribution >= 0.6 is 0 Å². The molecule has 0 aliphatic rings. The Kier molecular flexibility index (Phi) is 15.6. The highest BCUT2D eigenvalue weighted by atomic mass is 16.2. The first-order valence-corrected chi connectivity index (χ1v) is 16.2. The van der Waals surface area contributed by atoms with E-state index in [-0.39, 0.29) is 24.1 Å². The normalized spacial score (nSPS) is 10.4. The Morgan fingerprint density at radius 1 is 0.417 bits per heavy atom. The standard InChI is InChI=1S/C36H50N8O4/c1-41(33(45)37-25-29-14-7-5-8-15-29)20-12-22-43(3)35(47)39-27-31-18-11-19-32(24-31)28-40-36(48)44(4)23-13-21-42(2)34(46)38-26-30-16-9-6-10-17-30/h5-11,14-19,24H,12-13,20-23,25-28H2,1-4H3,(H,37,45)(H,38,46)(H,39,47)(H,40,48). The molecule has 48 heavy (non-hydrogen) atoms. The van der Waals surface area contributed by atoms with Crippen molar-refractivity contribution in [3.05, 3.63) is 107 Å². The molecule has 0 fully saturated rings. The summed E-state index contributed by atoms with van der Waals surface area (Å²) in [6.07, 6.45) is 1.28. The van der Waals surface area contributed by atoms with Crippen molar-refractivity contribution < 1.29 is 19.2 Å². The third-order valence-corrected chi connectivity index (χ3v) is 7.81. The van der Waals surface area contributed by atoms with Crippen LogP contribution in [0.15, 0.2) is 84.9 Å². The second kappa shape index (κ2) is 20.1. The lowest BCUT2D eigenvalue weighted by Gasteiger charge is -2.22. The Balaban J connectivity index is 1.29. The van der Waals surface area contributed by atoms with Crippen LogP contribution in [0.3, 0.4) is 0 Å². The molecule has 0 saturated heterocycles. The summed E-state index contributed by atoms with van der Waals surface area (Å²) in [6.45, 7) is 3.66. The van der Waals surface area contributed by atoms with E-state index in [2.05, 4.69) is 21.3 Å². The van der Waals surface area contributed by atoms with Crippen molar-refractivity contribution in [2.45, 2.75) is 39.0 Å². The van der Waals surface area contributed by atoms with E-state index in [0.29, 0.717) is 65.2 Å². The van der Waals surface area contributed by atoms with E-state index < -0.39 is 0 Å². The first-order chi connectivity index (χ1) is 23.1. The third-order valence-electron chi connectivity index (χ3n) is 7.81. The van der Waals surface area contributed by atoms with Gasteiger partial charge in [-0.1, -0.05) is 84.9 Å². The van der Waals surface area contributed by atoms with Crippen molar-refractivity contribution in [3.63, 3.8) is 0 Å². The van der Waals surface area contributed by atoms with Gasteiger partial charge in [-0.25, -0.2) is 19.2 Å². The number of rotatable bonds is 16. The van der Waals surface area contributed by atoms with Crippen LogP contribution in [-0.2, 0) is 26.2 Å². The highest BCUT2D eigenvalue weighted by Crippen LogP contribution is 2.06. The van der Waals surface area contributed by atoms with E-state index in [4.69, 9.17) is 0 Å². The molecule has 258 valence electrons. The van der Waals surface area contributed by atoms with E-state index in [1.807, 2.05) is 84.9 Å². The molecule has 0 spiro atoms. The van der Waals surface area contributed by atoms with Crippen molar-refractivity contribution in [2.24, 2.45) is 0 Å². The number of hydrogen-bond donors (Lipinski definition) is 4. The maximum atomic E-state index is 12.7. The van der Waals surface area contributed by atoms with E-state index in [1.165, 1.54) is 0 Å². The Morgan fingerprint density at radius 2 is 0.688 bits per heavy atom. The predicted octanol–water partition coefficient (Wildman–Crippen LogP) is 4.43. The van der Waals surface area contributed by atoms with Crippen molar-refractivity contribution in [3.8, 4) is 0 Å². The molecule has 3 rings (SSSR count). The van der Waals surface area contributed by atoms with Gasteiger partial charge >= 0.3 is 24.1 Å². The van der Waals surface area contributed by atoms with Crippen molar-refractivity contribution in [1.82, 2.24) is 40.9 Å². The Bertz CT molecular complexity index is 1340. The molecule has 0 atom stereocenters. The van der Waals surface area contributed by atoms with E-state index >= 15 is 0 Å². The van der Waals surface area contributed by atoms with Crippen molar-refractivity contribution >= 4 is 24.1 Å². The number of amides is 8. The highest BCUT2D eigenvalue weighted by molar-refractivity contribution is 5.75. The van der Waals surface area contributed by atoms with Gasteiger partial charge in [0.25, 0.3) is 0 Å². The average molecular weight is 659 g/mol. The quantitative estimate of drug-likeness (QED) is 0.182. The summed E-state index contributed by atoms with van der Waals surface area (Å²) in [5.74, 6) is 0. The molecule has 0 saturated carbocycles. The summed E-state index contributed by atoms with van der Waals surface area (Å²) in [7, 11) is 6.94. The monoisotopic (exact) mass is 658 g/mol. The van der Waals surface area contributed by atoms with Gasteiger partial charge in [0.05, 0.1) is 0 Å². The molecule has 0 heterocycles. The summed E-state index contributed by atoms with van der Waals surface area (Å²) in [4.78, 5) is 56.4. The summed E-state index contributed by atoms with van der Waals surface area (Å²) in [5.41, 5.74) is 3.90. The van der Waals surface area contributed by atoms with Gasteiger partial charge in [0.1, 0.15) is 0 Å². The van der Waals surface area contributed by atoms with Gasteiger partial charge in [0.15, 0.2) is 0 Å². The van der Waals surface area contributed by atoms with Crippen LogP contribution < -0.4 is 21.3 Å². The second-order valence-electron chi connectivity index (χ2n) is 11.8. The molecule has 0 radical (unpaired) electrons. The van der Waals surface area contributed by atoms with Crippen LogP contribution in [0.4, 0.5) is 19.2 Å². The molecule has 0 unspecified atom stereocenters. The van der Waals surface area contributed by atoms with Crippen LogP contribution in [0, 0.1) is 0 Å². The van der Waals surface area contributed by atoms with Gasteiger partial charge in [-0.2, -0.15) is 0 Å². The largest absolute Gasteiger partial charge is 0.334 e. The number of urea groups is 4. The molecule has 4 N–H and O–H groups in total. The fourth-order valence-electron chi connectivity index (χ4n) is 4.79. The Hall–Kier alpha value is -5.26. The van der Waals surface area contributed by atoms with Crippen LogP contribution in [-0.4, -0.2) is 98.1 Å². The minimum absolute atomic E-state index is 0.155. The molecule has 0 aliphatic carbocycles. The van der Waals surface area contributed by atoms with Gasteiger partial charge in [-0.15, -0.1) is 0 Å². The topological polar surface area (TPSA) is 129 Å².